The summed E-state index contributed by atoms with van der Waals surface area (Å²) >= 11 is 0. The monoisotopic (exact) mass is 278 g/mol. The molecule has 2 heterocycles. The number of aryl methyl sites for hydroxylation is 1. The molecule has 2 rings (SSSR count). The number of nitrogens with two attached hydrogens (primary N) is 1. The minimum Gasteiger partial charge on any atom is -0.476 e. The summed E-state index contributed by atoms with van der Waals surface area (Å²) in [5, 5.41) is 11.7. The van der Waals surface area contributed by atoms with Crippen LogP contribution in [0.25, 0.3) is 0 Å². The highest BCUT2D eigenvalue weighted by molar-refractivity contribution is 5.97. The number of hydrogen-bond donors (Lipinski definition) is 2. The summed E-state index contributed by atoms with van der Waals surface area (Å²) in [7, 11) is 0. The molecule has 0 unspecified atom stereocenters. The molecule has 3 N–H and O–H groups in total. The lowest BCUT2D eigenvalue weighted by atomic mass is 10.1. The molecule has 0 radical (unpaired) electrons. The summed E-state index contributed by atoms with van der Waals surface area (Å²) < 4.78 is 5.68. The smallest absolute Gasteiger partial charge is 0.214 e. The van der Waals surface area contributed by atoms with Gasteiger partial charge in [0.15, 0.2) is 5.84 Å². The van der Waals surface area contributed by atoms with Gasteiger partial charge in [0, 0.05) is 23.9 Å². The zero-order valence-corrected chi connectivity index (χ0v) is 11.9. The zero-order chi connectivity index (χ0) is 14.4. The average molecular weight is 278 g/mol. The first kappa shape index (κ1) is 14.6. The second-order valence-corrected chi connectivity index (χ2v) is 5.07. The zero-order valence-electron chi connectivity index (χ0n) is 11.9. The van der Waals surface area contributed by atoms with Gasteiger partial charge in [0.05, 0.1) is 0 Å². The van der Waals surface area contributed by atoms with Crippen LogP contribution in [0, 0.1) is 6.92 Å². The van der Waals surface area contributed by atoms with Crippen LogP contribution in [0.1, 0.15) is 30.5 Å². The van der Waals surface area contributed by atoms with Crippen molar-refractivity contribution in [2.24, 2.45) is 10.9 Å². The molecule has 0 bridgehead atoms. The Morgan fingerprint density at radius 1 is 1.40 bits per heavy atom. The van der Waals surface area contributed by atoms with Crippen molar-refractivity contribution in [2.45, 2.75) is 26.2 Å². The maximum absolute atomic E-state index is 8.71. The lowest BCUT2D eigenvalue weighted by Gasteiger charge is -2.26. The number of nitrogens with zero attached hydrogens (tertiary/aromatic N) is 3. The largest absolute Gasteiger partial charge is 0.476 e. The molecule has 20 heavy (non-hydrogen) atoms. The van der Waals surface area contributed by atoms with Gasteiger partial charge in [0.25, 0.3) is 0 Å². The van der Waals surface area contributed by atoms with E-state index in [1.807, 2.05) is 6.92 Å². The fourth-order valence-electron chi connectivity index (χ4n) is 2.38. The van der Waals surface area contributed by atoms with Crippen LogP contribution >= 0.6 is 0 Å². The molecule has 0 amide bonds. The SMILES string of the molecule is Cc1cc(/C(N)=N/O)cc(OCCN2CCCCC2)n1. The van der Waals surface area contributed by atoms with Crippen molar-refractivity contribution in [3.8, 4) is 5.88 Å². The quantitative estimate of drug-likeness (QED) is 0.367. The first-order chi connectivity index (χ1) is 9.69. The molecule has 1 saturated heterocycles. The topological polar surface area (TPSA) is 84.0 Å². The molecule has 0 aromatic carbocycles. The van der Waals surface area contributed by atoms with Crippen LogP contribution in [0.5, 0.6) is 5.88 Å². The first-order valence-electron chi connectivity index (χ1n) is 7.01. The molecule has 0 saturated carbocycles. The van der Waals surface area contributed by atoms with Crippen LogP contribution < -0.4 is 10.5 Å². The molecule has 1 aliphatic heterocycles. The van der Waals surface area contributed by atoms with Gasteiger partial charge in [-0.05, 0) is 38.9 Å². The summed E-state index contributed by atoms with van der Waals surface area (Å²) in [6.07, 6.45) is 3.88. The predicted molar refractivity (Wildman–Crippen MR) is 77.3 cm³/mol. The van der Waals surface area contributed by atoms with Crippen LogP contribution in [-0.2, 0) is 0 Å². The van der Waals surface area contributed by atoms with Crippen molar-refractivity contribution in [1.82, 2.24) is 9.88 Å². The Labute approximate surface area is 119 Å². The molecule has 6 nitrogen and oxygen atoms in total. The molecule has 0 spiro atoms. The molecule has 0 aliphatic carbocycles. The molecule has 1 aromatic rings. The highest BCUT2D eigenvalue weighted by atomic mass is 16.5. The minimum atomic E-state index is 0.0661. The number of amidine groups is 1. The number of aromatic nitrogens is 1. The molecule has 1 fully saturated rings. The van der Waals surface area contributed by atoms with E-state index in [0.29, 0.717) is 18.1 Å². The van der Waals surface area contributed by atoms with Crippen LogP contribution in [0.2, 0.25) is 0 Å². The first-order valence-corrected chi connectivity index (χ1v) is 7.01. The molecule has 0 atom stereocenters. The maximum Gasteiger partial charge on any atom is 0.214 e. The molecular formula is C14H22N4O2. The average Bonchev–Trinajstić information content (AvgIpc) is 2.47. The van der Waals surface area contributed by atoms with E-state index in [4.69, 9.17) is 15.7 Å². The van der Waals surface area contributed by atoms with Crippen LogP contribution in [-0.4, -0.2) is 47.2 Å². The molecule has 1 aromatic heterocycles. The van der Waals surface area contributed by atoms with Gasteiger partial charge in [0.1, 0.15) is 6.61 Å². The number of rotatable bonds is 5. The summed E-state index contributed by atoms with van der Waals surface area (Å²) in [6.45, 7) is 5.67. The van der Waals surface area contributed by atoms with E-state index < -0.39 is 0 Å². The van der Waals surface area contributed by atoms with Gasteiger partial charge >= 0.3 is 0 Å². The van der Waals surface area contributed by atoms with Gasteiger partial charge in [-0.1, -0.05) is 11.6 Å². The van der Waals surface area contributed by atoms with Crippen molar-refractivity contribution < 1.29 is 9.94 Å². The second-order valence-electron chi connectivity index (χ2n) is 5.07. The van der Waals surface area contributed by atoms with E-state index in [1.165, 1.54) is 19.3 Å². The van der Waals surface area contributed by atoms with Crippen molar-refractivity contribution in [2.75, 3.05) is 26.2 Å². The number of oxime groups is 1. The number of ether oxygens (including phenoxy) is 1. The fourth-order valence-corrected chi connectivity index (χ4v) is 2.38. The molecule has 1 aliphatic rings. The summed E-state index contributed by atoms with van der Waals surface area (Å²) in [5.41, 5.74) is 6.98. The van der Waals surface area contributed by atoms with Gasteiger partial charge in [0.2, 0.25) is 5.88 Å². The van der Waals surface area contributed by atoms with E-state index in [0.717, 1.165) is 25.3 Å². The van der Waals surface area contributed by atoms with E-state index in [2.05, 4.69) is 15.0 Å². The third kappa shape index (κ3) is 4.09. The number of piperidine rings is 1. The Balaban J connectivity index is 1.90. The molecular weight excluding hydrogens is 256 g/mol. The highest BCUT2D eigenvalue weighted by Crippen LogP contribution is 2.13. The summed E-state index contributed by atoms with van der Waals surface area (Å²) in [5.74, 6) is 0.583. The Bertz CT molecular complexity index is 470. The third-order valence-corrected chi connectivity index (χ3v) is 3.44. The van der Waals surface area contributed by atoms with Crippen molar-refractivity contribution in [1.29, 1.82) is 0 Å². The Kier molecular flexibility index (Phi) is 5.17. The fraction of sp³-hybridized carbons (Fsp3) is 0.571. The Hall–Kier alpha value is -1.82. The van der Waals surface area contributed by atoms with Crippen LogP contribution in [0.4, 0.5) is 0 Å². The second kappa shape index (κ2) is 7.09. The third-order valence-electron chi connectivity index (χ3n) is 3.44. The minimum absolute atomic E-state index is 0.0661. The van der Waals surface area contributed by atoms with Gasteiger partial charge in [-0.25, -0.2) is 4.98 Å². The lowest BCUT2D eigenvalue weighted by molar-refractivity contribution is 0.180. The van der Waals surface area contributed by atoms with Crippen LogP contribution in [0.15, 0.2) is 17.3 Å². The normalized spacial score (nSPS) is 17.1. The van der Waals surface area contributed by atoms with Crippen molar-refractivity contribution in [3.05, 3.63) is 23.4 Å². The van der Waals surface area contributed by atoms with E-state index >= 15 is 0 Å². The van der Waals surface area contributed by atoms with Crippen molar-refractivity contribution in [3.63, 3.8) is 0 Å². The standard InChI is InChI=1S/C14H22N4O2/c1-11-9-12(14(15)17-19)10-13(16-11)20-8-7-18-5-3-2-4-6-18/h9-10,19H,2-8H2,1H3,(H2,15,17). The number of hydrogen-bond acceptors (Lipinski definition) is 5. The molecule has 110 valence electrons. The number of pyridine rings is 1. The van der Waals surface area contributed by atoms with E-state index in [9.17, 15) is 0 Å². The van der Waals surface area contributed by atoms with E-state index in [-0.39, 0.29) is 5.84 Å². The van der Waals surface area contributed by atoms with Gasteiger partial charge in [-0.3, -0.25) is 4.90 Å². The Morgan fingerprint density at radius 2 is 2.15 bits per heavy atom. The van der Waals surface area contributed by atoms with Crippen LogP contribution in [0.3, 0.4) is 0 Å². The van der Waals surface area contributed by atoms with Gasteiger partial charge < -0.3 is 15.7 Å². The summed E-state index contributed by atoms with van der Waals surface area (Å²) in [4.78, 5) is 6.71. The predicted octanol–water partition coefficient (Wildman–Crippen LogP) is 1.35. The highest BCUT2D eigenvalue weighted by Gasteiger charge is 2.10. The van der Waals surface area contributed by atoms with Gasteiger partial charge in [-0.15, -0.1) is 0 Å². The van der Waals surface area contributed by atoms with Crippen molar-refractivity contribution >= 4 is 5.84 Å². The van der Waals surface area contributed by atoms with E-state index in [1.54, 1.807) is 12.1 Å². The Morgan fingerprint density at radius 3 is 2.85 bits per heavy atom. The van der Waals surface area contributed by atoms with Gasteiger partial charge in [-0.2, -0.15) is 0 Å². The maximum atomic E-state index is 8.71. The number of likely N-dealkylation sites (tertiary alicyclic amines) is 1. The summed E-state index contributed by atoms with van der Waals surface area (Å²) in [6, 6.07) is 3.45. The molecule has 6 heteroatoms. The lowest BCUT2D eigenvalue weighted by Crippen LogP contribution is -2.33.